The summed E-state index contributed by atoms with van der Waals surface area (Å²) in [6.45, 7) is 0. The number of nitrogens with zero attached hydrogens (tertiary/aromatic N) is 3. The summed E-state index contributed by atoms with van der Waals surface area (Å²) in [4.78, 5) is 12.9. The largest absolute Gasteiger partial charge is 0.416 e. The Labute approximate surface area is 152 Å². The molecule has 0 aliphatic carbocycles. The first-order valence-corrected chi connectivity index (χ1v) is 8.11. The molecule has 4 aromatic rings. The predicted octanol–water partition coefficient (Wildman–Crippen LogP) is 5.45. The zero-order valence-corrected chi connectivity index (χ0v) is 13.9. The zero-order valence-electron chi connectivity index (χ0n) is 13.9. The monoisotopic (exact) mass is 366 g/mol. The second-order valence-corrected chi connectivity index (χ2v) is 5.87. The molecule has 134 valence electrons. The van der Waals surface area contributed by atoms with E-state index < -0.39 is 11.7 Å². The van der Waals surface area contributed by atoms with Gasteiger partial charge >= 0.3 is 6.18 Å². The summed E-state index contributed by atoms with van der Waals surface area (Å²) < 4.78 is 38.0. The number of nitrogens with one attached hydrogen (secondary N) is 1. The van der Waals surface area contributed by atoms with Crippen LogP contribution >= 0.6 is 0 Å². The summed E-state index contributed by atoms with van der Waals surface area (Å²) in [5.74, 6) is 0.479. The summed E-state index contributed by atoms with van der Waals surface area (Å²) in [5, 5.41) is 3.99. The van der Waals surface area contributed by atoms with Crippen LogP contribution in [0.3, 0.4) is 0 Å². The first-order valence-electron chi connectivity index (χ1n) is 8.11. The van der Waals surface area contributed by atoms with E-state index >= 15 is 0 Å². The maximum atomic E-state index is 12.7. The number of benzene rings is 2. The topological polar surface area (TPSA) is 50.7 Å². The van der Waals surface area contributed by atoms with Crippen LogP contribution in [0.5, 0.6) is 0 Å². The maximum absolute atomic E-state index is 12.7. The average Bonchev–Trinajstić information content (AvgIpc) is 2.67. The summed E-state index contributed by atoms with van der Waals surface area (Å²) in [6, 6.07) is 16.2. The second kappa shape index (κ2) is 6.68. The van der Waals surface area contributed by atoms with Gasteiger partial charge in [0.25, 0.3) is 0 Å². The highest BCUT2D eigenvalue weighted by atomic mass is 19.4. The molecule has 0 fully saturated rings. The molecule has 0 atom stereocenters. The Hall–Kier alpha value is -3.48. The van der Waals surface area contributed by atoms with E-state index in [1.807, 2.05) is 30.3 Å². The van der Waals surface area contributed by atoms with Crippen LogP contribution in [0.25, 0.3) is 22.2 Å². The van der Waals surface area contributed by atoms with Crippen molar-refractivity contribution < 1.29 is 13.2 Å². The molecule has 0 saturated carbocycles. The standard InChI is InChI=1S/C20H13F3N4/c21-20(22,23)14-6-8-15(9-7-14)27-18-11-17(25-12-26-18)16-5-1-3-13-4-2-10-24-19(13)16/h1-12H,(H,25,26,27). The van der Waals surface area contributed by atoms with Crippen molar-refractivity contribution in [1.82, 2.24) is 15.0 Å². The molecule has 0 bridgehead atoms. The molecule has 0 radical (unpaired) electrons. The lowest BCUT2D eigenvalue weighted by Crippen LogP contribution is -2.04. The minimum absolute atomic E-state index is 0.479. The fourth-order valence-electron chi connectivity index (χ4n) is 2.77. The smallest absolute Gasteiger partial charge is 0.340 e. The number of pyridine rings is 1. The first-order chi connectivity index (χ1) is 13.0. The van der Waals surface area contributed by atoms with Crippen LogP contribution in [0, 0.1) is 0 Å². The van der Waals surface area contributed by atoms with E-state index in [0.29, 0.717) is 17.2 Å². The van der Waals surface area contributed by atoms with E-state index in [2.05, 4.69) is 20.3 Å². The Morgan fingerprint density at radius 2 is 1.59 bits per heavy atom. The molecule has 4 rings (SSSR count). The number of para-hydroxylation sites is 1. The quantitative estimate of drug-likeness (QED) is 0.523. The lowest BCUT2D eigenvalue weighted by Gasteiger charge is -2.10. The third-order valence-electron chi connectivity index (χ3n) is 4.06. The number of fused-ring (bicyclic) bond motifs is 1. The first kappa shape index (κ1) is 17.0. The van der Waals surface area contributed by atoms with Gasteiger partial charge in [-0.2, -0.15) is 13.2 Å². The fraction of sp³-hybridized carbons (Fsp3) is 0.0500. The minimum atomic E-state index is -4.36. The van der Waals surface area contributed by atoms with Crippen LogP contribution in [-0.2, 0) is 6.18 Å². The van der Waals surface area contributed by atoms with Crippen molar-refractivity contribution in [3.8, 4) is 11.3 Å². The lowest BCUT2D eigenvalue weighted by molar-refractivity contribution is -0.137. The number of hydrogen-bond donors (Lipinski definition) is 1. The van der Waals surface area contributed by atoms with Gasteiger partial charge in [0, 0.05) is 28.9 Å². The third kappa shape index (κ3) is 3.57. The summed E-state index contributed by atoms with van der Waals surface area (Å²) in [6.07, 6.45) is -1.24. The molecule has 7 heteroatoms. The van der Waals surface area contributed by atoms with Crippen molar-refractivity contribution >= 4 is 22.4 Å². The molecule has 27 heavy (non-hydrogen) atoms. The second-order valence-electron chi connectivity index (χ2n) is 5.87. The van der Waals surface area contributed by atoms with Gasteiger partial charge in [0.05, 0.1) is 16.8 Å². The molecule has 2 aromatic heterocycles. The van der Waals surface area contributed by atoms with Gasteiger partial charge in [0.1, 0.15) is 12.1 Å². The summed E-state index contributed by atoms with van der Waals surface area (Å²) >= 11 is 0. The van der Waals surface area contributed by atoms with Gasteiger partial charge in [0.15, 0.2) is 0 Å². The van der Waals surface area contributed by atoms with E-state index in [0.717, 1.165) is 28.6 Å². The van der Waals surface area contributed by atoms with Crippen LogP contribution in [0.2, 0.25) is 0 Å². The molecule has 0 saturated heterocycles. The number of hydrogen-bond acceptors (Lipinski definition) is 4. The highest BCUT2D eigenvalue weighted by molar-refractivity contribution is 5.92. The Morgan fingerprint density at radius 1 is 0.815 bits per heavy atom. The fourth-order valence-corrected chi connectivity index (χ4v) is 2.77. The zero-order chi connectivity index (χ0) is 18.9. The molecule has 0 spiro atoms. The van der Waals surface area contributed by atoms with Gasteiger partial charge in [-0.05, 0) is 30.3 Å². The number of anilines is 2. The molecule has 2 heterocycles. The lowest BCUT2D eigenvalue weighted by atomic mass is 10.1. The molecule has 4 nitrogen and oxygen atoms in total. The summed E-state index contributed by atoms with van der Waals surface area (Å²) in [7, 11) is 0. The van der Waals surface area contributed by atoms with Crippen LogP contribution in [-0.4, -0.2) is 15.0 Å². The molecule has 1 N–H and O–H groups in total. The number of rotatable bonds is 3. The van der Waals surface area contributed by atoms with Crippen LogP contribution in [0.1, 0.15) is 5.56 Å². The van der Waals surface area contributed by atoms with Gasteiger partial charge in [-0.1, -0.05) is 24.3 Å². The van der Waals surface area contributed by atoms with E-state index in [4.69, 9.17) is 0 Å². The maximum Gasteiger partial charge on any atom is 0.416 e. The average molecular weight is 366 g/mol. The van der Waals surface area contributed by atoms with Gasteiger partial charge in [0.2, 0.25) is 0 Å². The van der Waals surface area contributed by atoms with Crippen molar-refractivity contribution in [2.24, 2.45) is 0 Å². The van der Waals surface area contributed by atoms with Gasteiger partial charge in [-0.15, -0.1) is 0 Å². The van der Waals surface area contributed by atoms with Gasteiger partial charge in [-0.3, -0.25) is 4.98 Å². The van der Waals surface area contributed by atoms with E-state index in [1.165, 1.54) is 18.5 Å². The SMILES string of the molecule is FC(F)(F)c1ccc(Nc2cc(-c3cccc4cccnc34)ncn2)cc1. The highest BCUT2D eigenvalue weighted by Crippen LogP contribution is 2.31. The molecule has 2 aromatic carbocycles. The Kier molecular flexibility index (Phi) is 4.19. The van der Waals surface area contributed by atoms with Crippen molar-refractivity contribution in [3.63, 3.8) is 0 Å². The van der Waals surface area contributed by atoms with Crippen molar-refractivity contribution in [2.75, 3.05) is 5.32 Å². The Balaban J connectivity index is 1.65. The number of halogens is 3. The minimum Gasteiger partial charge on any atom is -0.340 e. The predicted molar refractivity (Wildman–Crippen MR) is 97.5 cm³/mol. The Bertz CT molecular complexity index is 1090. The molecular weight excluding hydrogens is 353 g/mol. The number of aromatic nitrogens is 3. The van der Waals surface area contributed by atoms with Crippen molar-refractivity contribution in [3.05, 3.63) is 78.8 Å². The van der Waals surface area contributed by atoms with Crippen molar-refractivity contribution in [2.45, 2.75) is 6.18 Å². The van der Waals surface area contributed by atoms with E-state index in [9.17, 15) is 13.2 Å². The normalized spacial score (nSPS) is 11.5. The summed E-state index contributed by atoms with van der Waals surface area (Å²) in [5.41, 5.74) is 2.15. The molecule has 0 amide bonds. The van der Waals surface area contributed by atoms with E-state index in [1.54, 1.807) is 12.3 Å². The highest BCUT2D eigenvalue weighted by Gasteiger charge is 2.29. The Morgan fingerprint density at radius 3 is 2.37 bits per heavy atom. The molecular formula is C20H13F3N4. The molecule has 0 aliphatic rings. The van der Waals surface area contributed by atoms with E-state index in [-0.39, 0.29) is 0 Å². The van der Waals surface area contributed by atoms with Gasteiger partial charge < -0.3 is 5.32 Å². The number of alkyl halides is 3. The van der Waals surface area contributed by atoms with Crippen LogP contribution in [0.4, 0.5) is 24.7 Å². The van der Waals surface area contributed by atoms with Crippen LogP contribution < -0.4 is 5.32 Å². The third-order valence-corrected chi connectivity index (χ3v) is 4.06. The molecule has 0 aliphatic heterocycles. The van der Waals surface area contributed by atoms with Crippen LogP contribution in [0.15, 0.2) is 73.2 Å². The molecule has 0 unspecified atom stereocenters. The van der Waals surface area contributed by atoms with Gasteiger partial charge in [-0.25, -0.2) is 9.97 Å². The van der Waals surface area contributed by atoms with Crippen molar-refractivity contribution in [1.29, 1.82) is 0 Å².